The van der Waals surface area contributed by atoms with Crippen LogP contribution in [0.2, 0.25) is 0 Å². The first kappa shape index (κ1) is 22.3. The van der Waals surface area contributed by atoms with E-state index in [1.165, 1.54) is 10.6 Å². The highest BCUT2D eigenvalue weighted by Gasteiger charge is 2.30. The van der Waals surface area contributed by atoms with Crippen molar-refractivity contribution in [3.63, 3.8) is 0 Å². The van der Waals surface area contributed by atoms with Crippen LogP contribution in [0.4, 0.5) is 13.2 Å². The van der Waals surface area contributed by atoms with Crippen molar-refractivity contribution in [2.45, 2.75) is 26.4 Å². The molecule has 0 amide bonds. The lowest BCUT2D eigenvalue weighted by Gasteiger charge is -2.10. The quantitative estimate of drug-likeness (QED) is 0.430. The van der Waals surface area contributed by atoms with Gasteiger partial charge in [0.1, 0.15) is 0 Å². The summed E-state index contributed by atoms with van der Waals surface area (Å²) in [4.78, 5) is 16.0. The monoisotopic (exact) mass is 455 g/mol. The second kappa shape index (κ2) is 8.57. The topological polar surface area (TPSA) is 76.7 Å². The van der Waals surface area contributed by atoms with Gasteiger partial charge in [-0.25, -0.2) is 14.3 Å². The zero-order chi connectivity index (χ0) is 23.8. The van der Waals surface area contributed by atoms with Gasteiger partial charge < -0.3 is 9.84 Å². The molecule has 0 unspecified atom stereocenters. The summed E-state index contributed by atoms with van der Waals surface area (Å²) in [6.07, 6.45) is -4.25. The molecule has 33 heavy (non-hydrogen) atoms. The number of aromatic carboxylic acids is 1. The largest absolute Gasteiger partial charge is 0.478 e. The van der Waals surface area contributed by atoms with Gasteiger partial charge in [-0.3, -0.25) is 0 Å². The molecule has 4 rings (SSSR count). The Morgan fingerprint density at radius 3 is 2.45 bits per heavy atom. The van der Waals surface area contributed by atoms with Crippen LogP contribution in [0.5, 0.6) is 5.88 Å². The maximum absolute atomic E-state index is 12.8. The molecular weight excluding hydrogens is 435 g/mol. The average molecular weight is 455 g/mol. The molecule has 0 aliphatic rings. The zero-order valence-electron chi connectivity index (χ0n) is 17.8. The molecule has 1 N–H and O–H groups in total. The molecule has 6 nitrogen and oxygen atoms in total. The number of hydrogen-bond acceptors (Lipinski definition) is 4. The second-order valence-electron chi connectivity index (χ2n) is 7.69. The summed E-state index contributed by atoms with van der Waals surface area (Å²) >= 11 is 0. The summed E-state index contributed by atoms with van der Waals surface area (Å²) < 4.78 is 44.8. The molecule has 0 saturated heterocycles. The van der Waals surface area contributed by atoms with Crippen LogP contribution >= 0.6 is 0 Å². The number of carbonyl (C=O) groups is 1. The minimum absolute atomic E-state index is 0.117. The number of fused-ring (bicyclic) bond motifs is 1. The van der Waals surface area contributed by atoms with Crippen molar-refractivity contribution in [3.8, 4) is 17.0 Å². The van der Waals surface area contributed by atoms with E-state index in [1.54, 1.807) is 62.4 Å². The predicted molar refractivity (Wildman–Crippen MR) is 116 cm³/mol. The SMILES string of the molecule is Cc1cc(C)n2nc(OCC(F)(F)F)c(Cc3ccc(-c4ccccc4C(=O)O)cc3)c2n1. The number of aryl methyl sites for hydroxylation is 2. The Labute approximate surface area is 187 Å². The van der Waals surface area contributed by atoms with Gasteiger partial charge in [-0.1, -0.05) is 42.5 Å². The Kier molecular flexibility index (Phi) is 5.80. The molecule has 0 spiro atoms. The fourth-order valence-corrected chi connectivity index (χ4v) is 3.69. The van der Waals surface area contributed by atoms with Crippen LogP contribution < -0.4 is 4.74 Å². The molecule has 0 saturated carbocycles. The number of benzene rings is 2. The van der Waals surface area contributed by atoms with E-state index in [0.29, 0.717) is 22.5 Å². The first-order chi connectivity index (χ1) is 15.6. The van der Waals surface area contributed by atoms with Crippen molar-refractivity contribution in [3.05, 3.63) is 82.7 Å². The van der Waals surface area contributed by atoms with Gasteiger partial charge in [0.15, 0.2) is 12.3 Å². The van der Waals surface area contributed by atoms with Crippen molar-refractivity contribution in [1.82, 2.24) is 14.6 Å². The van der Waals surface area contributed by atoms with Crippen LogP contribution in [0, 0.1) is 13.8 Å². The molecule has 0 fully saturated rings. The van der Waals surface area contributed by atoms with Gasteiger partial charge in [0.05, 0.1) is 11.1 Å². The molecule has 170 valence electrons. The highest BCUT2D eigenvalue weighted by Crippen LogP contribution is 2.29. The van der Waals surface area contributed by atoms with Crippen molar-refractivity contribution >= 4 is 11.6 Å². The molecule has 2 aromatic carbocycles. The van der Waals surface area contributed by atoms with E-state index in [0.717, 1.165) is 16.8 Å². The van der Waals surface area contributed by atoms with Crippen LogP contribution in [0.25, 0.3) is 16.8 Å². The fourth-order valence-electron chi connectivity index (χ4n) is 3.69. The fraction of sp³-hybridized carbons (Fsp3) is 0.208. The molecule has 0 aliphatic heterocycles. The molecule has 2 heterocycles. The molecule has 9 heteroatoms. The van der Waals surface area contributed by atoms with E-state index in [1.807, 2.05) is 0 Å². The summed E-state index contributed by atoms with van der Waals surface area (Å²) in [5, 5.41) is 13.6. The number of rotatable bonds is 6. The lowest BCUT2D eigenvalue weighted by Crippen LogP contribution is -2.19. The van der Waals surface area contributed by atoms with Gasteiger partial charge in [-0.15, -0.1) is 5.10 Å². The number of hydrogen-bond donors (Lipinski definition) is 1. The lowest BCUT2D eigenvalue weighted by molar-refractivity contribution is -0.154. The summed E-state index contributed by atoms with van der Waals surface area (Å²) in [7, 11) is 0. The normalized spacial score (nSPS) is 11.7. The van der Waals surface area contributed by atoms with Gasteiger partial charge in [0, 0.05) is 17.8 Å². The summed E-state index contributed by atoms with van der Waals surface area (Å²) in [6.45, 7) is 2.14. The Hall–Kier alpha value is -3.88. The maximum atomic E-state index is 12.8. The smallest absolute Gasteiger partial charge is 0.422 e. The highest BCUT2D eigenvalue weighted by molar-refractivity contribution is 5.96. The van der Waals surface area contributed by atoms with Crippen LogP contribution in [-0.2, 0) is 6.42 Å². The Morgan fingerprint density at radius 1 is 1.09 bits per heavy atom. The van der Waals surface area contributed by atoms with E-state index in [4.69, 9.17) is 4.74 Å². The third-order valence-corrected chi connectivity index (χ3v) is 5.13. The zero-order valence-corrected chi connectivity index (χ0v) is 17.8. The number of ether oxygens (including phenoxy) is 1. The summed E-state index contributed by atoms with van der Waals surface area (Å²) in [5.41, 5.74) is 4.59. The minimum Gasteiger partial charge on any atom is -0.478 e. The van der Waals surface area contributed by atoms with Gasteiger partial charge in [-0.2, -0.15) is 13.2 Å². The molecule has 0 atom stereocenters. The number of carboxylic acids is 1. The first-order valence-electron chi connectivity index (χ1n) is 10.1. The van der Waals surface area contributed by atoms with Gasteiger partial charge in [0.2, 0.25) is 5.88 Å². The lowest BCUT2D eigenvalue weighted by atomic mass is 9.97. The van der Waals surface area contributed by atoms with Crippen LogP contribution in [0.15, 0.2) is 54.6 Å². The summed E-state index contributed by atoms with van der Waals surface area (Å²) in [5.74, 6) is -1.14. The number of nitrogens with zero attached hydrogens (tertiary/aromatic N) is 3. The predicted octanol–water partition coefficient (Wildman–Crippen LogP) is 5.24. The molecule has 4 aromatic rings. The number of halogens is 3. The number of aromatic nitrogens is 3. The number of carboxylic acid groups (broad SMARTS) is 1. The molecule has 0 aliphatic carbocycles. The highest BCUT2D eigenvalue weighted by atomic mass is 19.4. The van der Waals surface area contributed by atoms with Crippen molar-refractivity contribution < 1.29 is 27.8 Å². The Balaban J connectivity index is 1.70. The standard InChI is InChI=1S/C24H20F3N3O3/c1-14-11-15(2)30-21(28-14)20(22(29-30)33-13-24(25,26)27)12-16-7-9-17(10-8-16)18-5-3-4-6-19(18)23(31)32/h3-11H,12-13H2,1-2H3,(H,31,32). The van der Waals surface area contributed by atoms with Crippen molar-refractivity contribution in [1.29, 1.82) is 0 Å². The van der Waals surface area contributed by atoms with Crippen LogP contribution in [0.3, 0.4) is 0 Å². The number of alkyl halides is 3. The molecular formula is C24H20F3N3O3. The Morgan fingerprint density at radius 2 is 1.79 bits per heavy atom. The third-order valence-electron chi connectivity index (χ3n) is 5.13. The van der Waals surface area contributed by atoms with E-state index < -0.39 is 18.8 Å². The summed E-state index contributed by atoms with van der Waals surface area (Å²) in [6, 6.07) is 15.6. The average Bonchev–Trinajstić information content (AvgIpc) is 3.10. The van der Waals surface area contributed by atoms with E-state index in [-0.39, 0.29) is 17.9 Å². The van der Waals surface area contributed by atoms with Gasteiger partial charge >= 0.3 is 12.1 Å². The van der Waals surface area contributed by atoms with Crippen molar-refractivity contribution in [2.75, 3.05) is 6.61 Å². The Bertz CT molecular complexity index is 1330. The molecule has 0 radical (unpaired) electrons. The molecule has 0 bridgehead atoms. The minimum atomic E-state index is -4.50. The van der Waals surface area contributed by atoms with Crippen molar-refractivity contribution in [2.24, 2.45) is 0 Å². The molecule has 2 aromatic heterocycles. The van der Waals surface area contributed by atoms with Gasteiger partial charge in [-0.05, 0) is 42.7 Å². The van der Waals surface area contributed by atoms with E-state index in [2.05, 4.69) is 10.1 Å². The van der Waals surface area contributed by atoms with E-state index >= 15 is 0 Å². The van der Waals surface area contributed by atoms with Gasteiger partial charge in [0.25, 0.3) is 0 Å². The van der Waals surface area contributed by atoms with Crippen LogP contribution in [-0.4, -0.2) is 38.5 Å². The maximum Gasteiger partial charge on any atom is 0.422 e. The van der Waals surface area contributed by atoms with E-state index in [9.17, 15) is 23.1 Å². The first-order valence-corrected chi connectivity index (χ1v) is 10.1. The third kappa shape index (κ3) is 4.82. The second-order valence-corrected chi connectivity index (χ2v) is 7.69. The van der Waals surface area contributed by atoms with Crippen LogP contribution in [0.1, 0.15) is 32.9 Å².